The zero-order valence-corrected chi connectivity index (χ0v) is 20.6. The van der Waals surface area contributed by atoms with Crippen LogP contribution in [0.3, 0.4) is 0 Å². The van der Waals surface area contributed by atoms with E-state index in [1.54, 1.807) is 12.1 Å². The van der Waals surface area contributed by atoms with Gasteiger partial charge in [0.05, 0.1) is 16.3 Å². The summed E-state index contributed by atoms with van der Waals surface area (Å²) in [6, 6.07) is 14.6. The van der Waals surface area contributed by atoms with Crippen LogP contribution in [-0.2, 0) is 26.0 Å². The molecule has 0 radical (unpaired) electrons. The van der Waals surface area contributed by atoms with Gasteiger partial charge in [0.1, 0.15) is 12.6 Å². The molecule has 0 spiro atoms. The Morgan fingerprint density at radius 3 is 2.59 bits per heavy atom. The molecule has 34 heavy (non-hydrogen) atoms. The number of amides is 2. The summed E-state index contributed by atoms with van der Waals surface area (Å²) in [5, 5.41) is 2.91. The number of carbonyl (C=O) groups is 2. The number of sulfonamides is 1. The first kappa shape index (κ1) is 24.2. The minimum Gasteiger partial charge on any atom is -0.358 e. The molecular formula is C25H32N4O4S. The van der Waals surface area contributed by atoms with E-state index in [1.807, 2.05) is 18.2 Å². The molecule has 182 valence electrons. The fraction of sp³-hybridized carbons (Fsp3) is 0.440. The van der Waals surface area contributed by atoms with Crippen LogP contribution in [0.4, 0.5) is 11.4 Å². The van der Waals surface area contributed by atoms with Gasteiger partial charge in [-0.2, -0.15) is 0 Å². The first-order valence-electron chi connectivity index (χ1n) is 11.7. The van der Waals surface area contributed by atoms with Crippen LogP contribution in [0.1, 0.15) is 31.2 Å². The summed E-state index contributed by atoms with van der Waals surface area (Å²) < 4.78 is 26.6. The van der Waals surface area contributed by atoms with Gasteiger partial charge in [0, 0.05) is 27.2 Å². The maximum atomic E-state index is 13.4. The molecule has 1 saturated heterocycles. The minimum atomic E-state index is -3.68. The van der Waals surface area contributed by atoms with Gasteiger partial charge >= 0.3 is 0 Å². The Morgan fingerprint density at radius 1 is 1.09 bits per heavy atom. The number of hydrogen-bond acceptors (Lipinski definition) is 5. The molecule has 4 rings (SSSR count). The van der Waals surface area contributed by atoms with Gasteiger partial charge in [-0.05, 0) is 55.9 Å². The van der Waals surface area contributed by atoms with E-state index in [2.05, 4.69) is 22.3 Å². The van der Waals surface area contributed by atoms with E-state index in [0.717, 1.165) is 48.6 Å². The summed E-state index contributed by atoms with van der Waals surface area (Å²) in [6.45, 7) is 1.11. The first-order chi connectivity index (χ1) is 16.3. The zero-order valence-electron chi connectivity index (χ0n) is 19.7. The minimum absolute atomic E-state index is 0.104. The van der Waals surface area contributed by atoms with Crippen molar-refractivity contribution in [2.45, 2.75) is 43.0 Å². The lowest BCUT2D eigenvalue weighted by atomic mass is 9.96. The van der Waals surface area contributed by atoms with Crippen molar-refractivity contribution in [2.24, 2.45) is 0 Å². The highest BCUT2D eigenvalue weighted by atomic mass is 32.2. The average molecular weight is 485 g/mol. The van der Waals surface area contributed by atoms with Gasteiger partial charge in [-0.1, -0.05) is 30.3 Å². The second-order valence-electron chi connectivity index (χ2n) is 9.01. The predicted octanol–water partition coefficient (Wildman–Crippen LogP) is 2.39. The van der Waals surface area contributed by atoms with Crippen LogP contribution in [-0.4, -0.2) is 64.3 Å². The monoisotopic (exact) mass is 484 g/mol. The number of anilines is 2. The molecule has 0 unspecified atom stereocenters. The maximum absolute atomic E-state index is 13.4. The third-order valence-electron chi connectivity index (χ3n) is 6.49. The molecule has 9 heteroatoms. The van der Waals surface area contributed by atoms with Crippen LogP contribution in [0, 0.1) is 0 Å². The number of fused-ring (bicyclic) bond motifs is 3. The van der Waals surface area contributed by atoms with Crippen molar-refractivity contribution < 1.29 is 18.0 Å². The third-order valence-corrected chi connectivity index (χ3v) is 8.30. The lowest BCUT2D eigenvalue weighted by Gasteiger charge is -2.45. The number of benzene rings is 2. The lowest BCUT2D eigenvalue weighted by Crippen LogP contribution is -2.57. The zero-order chi connectivity index (χ0) is 24.3. The van der Waals surface area contributed by atoms with Crippen LogP contribution in [0.25, 0.3) is 0 Å². The molecule has 2 amide bonds. The Morgan fingerprint density at radius 2 is 1.85 bits per heavy atom. The molecule has 0 aliphatic carbocycles. The van der Waals surface area contributed by atoms with E-state index >= 15 is 0 Å². The van der Waals surface area contributed by atoms with Crippen molar-refractivity contribution in [2.75, 3.05) is 43.5 Å². The highest BCUT2D eigenvalue weighted by Crippen LogP contribution is 2.40. The van der Waals surface area contributed by atoms with Crippen molar-refractivity contribution >= 4 is 33.2 Å². The third kappa shape index (κ3) is 4.95. The summed E-state index contributed by atoms with van der Waals surface area (Å²) in [5.74, 6) is -0.400. The Bertz CT molecular complexity index is 1150. The van der Waals surface area contributed by atoms with Gasteiger partial charge in [-0.15, -0.1) is 0 Å². The highest BCUT2D eigenvalue weighted by molar-refractivity contribution is 7.89. The summed E-state index contributed by atoms with van der Waals surface area (Å²) in [5.41, 5.74) is 2.49. The Kier molecular flexibility index (Phi) is 7.23. The second-order valence-corrected chi connectivity index (χ2v) is 11.2. The largest absolute Gasteiger partial charge is 0.358 e. The summed E-state index contributed by atoms with van der Waals surface area (Å²) >= 11 is 0. The smallest absolute Gasteiger partial charge is 0.250 e. The van der Waals surface area contributed by atoms with Gasteiger partial charge in [0.25, 0.3) is 0 Å². The van der Waals surface area contributed by atoms with Crippen molar-refractivity contribution in [1.82, 2.24) is 9.62 Å². The van der Waals surface area contributed by atoms with E-state index in [4.69, 9.17) is 0 Å². The van der Waals surface area contributed by atoms with Crippen LogP contribution in [0.5, 0.6) is 0 Å². The quantitative estimate of drug-likeness (QED) is 0.581. The number of hydrogen-bond donors (Lipinski definition) is 1. The summed E-state index contributed by atoms with van der Waals surface area (Å²) in [7, 11) is -0.730. The fourth-order valence-electron chi connectivity index (χ4n) is 4.64. The molecule has 2 aromatic carbocycles. The normalized spacial score (nSPS) is 18.0. The van der Waals surface area contributed by atoms with Crippen LogP contribution >= 0.6 is 0 Å². The molecule has 2 aliphatic rings. The molecule has 1 N–H and O–H groups in total. The van der Waals surface area contributed by atoms with Crippen molar-refractivity contribution in [3.05, 3.63) is 54.1 Å². The van der Waals surface area contributed by atoms with Gasteiger partial charge in [0.2, 0.25) is 21.8 Å². The van der Waals surface area contributed by atoms with Gasteiger partial charge in [-0.3, -0.25) is 14.5 Å². The predicted molar refractivity (Wildman–Crippen MR) is 132 cm³/mol. The van der Waals surface area contributed by atoms with Gasteiger partial charge in [-0.25, -0.2) is 12.7 Å². The molecule has 2 aromatic rings. The Balaban J connectivity index is 1.52. The molecular weight excluding hydrogens is 452 g/mol. The molecule has 1 fully saturated rings. The van der Waals surface area contributed by atoms with Crippen molar-refractivity contribution in [1.29, 1.82) is 0 Å². The van der Waals surface area contributed by atoms with E-state index in [0.29, 0.717) is 12.2 Å². The number of nitrogens with zero attached hydrogens (tertiary/aromatic N) is 3. The Hall–Kier alpha value is -2.91. The molecule has 0 saturated carbocycles. The van der Waals surface area contributed by atoms with Crippen molar-refractivity contribution in [3.63, 3.8) is 0 Å². The van der Waals surface area contributed by atoms with Crippen LogP contribution in [0.2, 0.25) is 0 Å². The second kappa shape index (κ2) is 10.1. The van der Waals surface area contributed by atoms with Gasteiger partial charge < -0.3 is 10.2 Å². The standard InChI is InChI=1S/C25H32N4O4S/c1-27(2)34(32,33)20-13-14-21-23(17-20)29(25(31)22-12-6-7-16-28(21)22)18-24(30)26-15-8-11-19-9-4-3-5-10-19/h3-5,9-10,13-14,17,22H,6-8,11-12,15-16,18H2,1-2H3,(H,26,30)/t22-/m1/s1. The molecule has 8 nitrogen and oxygen atoms in total. The Labute approximate surface area is 201 Å². The molecule has 1 atom stereocenters. The number of nitrogens with one attached hydrogen (secondary N) is 1. The van der Waals surface area contributed by atoms with Crippen LogP contribution < -0.4 is 15.1 Å². The number of aryl methyl sites for hydroxylation is 1. The highest BCUT2D eigenvalue weighted by Gasteiger charge is 2.40. The van der Waals surface area contributed by atoms with E-state index in [-0.39, 0.29) is 29.3 Å². The van der Waals surface area contributed by atoms with E-state index < -0.39 is 10.0 Å². The first-order valence-corrected chi connectivity index (χ1v) is 13.2. The topological polar surface area (TPSA) is 90.0 Å². The van der Waals surface area contributed by atoms with E-state index in [1.165, 1.54) is 30.6 Å². The van der Waals surface area contributed by atoms with Crippen LogP contribution in [0.15, 0.2) is 53.4 Å². The maximum Gasteiger partial charge on any atom is 0.250 e. The molecule has 0 bridgehead atoms. The van der Waals surface area contributed by atoms with Gasteiger partial charge in [0.15, 0.2) is 0 Å². The SMILES string of the molecule is CN(C)S(=O)(=O)c1ccc2c(c1)N(CC(=O)NCCCc1ccccc1)C(=O)[C@H]1CCCCN21. The molecule has 2 heterocycles. The summed E-state index contributed by atoms with van der Waals surface area (Å²) in [6.07, 6.45) is 4.31. The number of rotatable bonds is 8. The lowest BCUT2D eigenvalue weighted by molar-refractivity contribution is -0.125. The molecule has 0 aromatic heterocycles. The van der Waals surface area contributed by atoms with Crippen molar-refractivity contribution in [3.8, 4) is 0 Å². The average Bonchev–Trinajstić information content (AvgIpc) is 2.84. The number of carbonyl (C=O) groups excluding carboxylic acids is 2. The fourth-order valence-corrected chi connectivity index (χ4v) is 5.56. The summed E-state index contributed by atoms with van der Waals surface area (Å²) in [4.78, 5) is 29.8. The van der Waals surface area contributed by atoms with E-state index in [9.17, 15) is 18.0 Å². The number of piperidine rings is 1. The molecule has 2 aliphatic heterocycles.